The molecule has 1 aromatic rings. The number of halogens is 3. The highest BCUT2D eigenvalue weighted by molar-refractivity contribution is 5.48. The number of aromatic nitrogens is 1. The maximum Gasteiger partial charge on any atom is 0.416 e. The van der Waals surface area contributed by atoms with Crippen LogP contribution in [0.3, 0.4) is 0 Å². The molecule has 3 nitrogen and oxygen atoms in total. The van der Waals surface area contributed by atoms with Crippen molar-refractivity contribution >= 4 is 11.6 Å². The first-order chi connectivity index (χ1) is 8.45. The van der Waals surface area contributed by atoms with E-state index in [4.69, 9.17) is 5.73 Å². The van der Waals surface area contributed by atoms with E-state index in [2.05, 4.69) is 10.3 Å². The van der Waals surface area contributed by atoms with Gasteiger partial charge in [-0.3, -0.25) is 0 Å². The van der Waals surface area contributed by atoms with E-state index in [-0.39, 0.29) is 17.7 Å². The van der Waals surface area contributed by atoms with E-state index < -0.39 is 11.7 Å². The van der Waals surface area contributed by atoms with E-state index in [1.54, 1.807) is 0 Å². The summed E-state index contributed by atoms with van der Waals surface area (Å²) < 4.78 is 37.8. The minimum atomic E-state index is -4.39. The lowest BCUT2D eigenvalue weighted by Gasteiger charge is -2.23. The van der Waals surface area contributed by atoms with E-state index in [1.807, 2.05) is 0 Å². The molecule has 1 heterocycles. The fourth-order valence-corrected chi connectivity index (χ4v) is 2.25. The van der Waals surface area contributed by atoms with Crippen molar-refractivity contribution in [2.45, 2.75) is 44.3 Å². The zero-order valence-corrected chi connectivity index (χ0v) is 9.93. The molecule has 1 fully saturated rings. The average Bonchev–Trinajstić information content (AvgIpc) is 2.28. The number of hydrogen-bond acceptors (Lipinski definition) is 3. The van der Waals surface area contributed by atoms with Crippen molar-refractivity contribution in [3.63, 3.8) is 0 Å². The van der Waals surface area contributed by atoms with Crippen molar-refractivity contribution in [3.8, 4) is 0 Å². The van der Waals surface area contributed by atoms with Gasteiger partial charge in [0.2, 0.25) is 0 Å². The lowest BCUT2D eigenvalue weighted by molar-refractivity contribution is -0.137. The molecule has 0 unspecified atom stereocenters. The van der Waals surface area contributed by atoms with Crippen LogP contribution in [0.15, 0.2) is 12.1 Å². The van der Waals surface area contributed by atoms with Gasteiger partial charge in [0.1, 0.15) is 11.6 Å². The highest BCUT2D eigenvalue weighted by Crippen LogP contribution is 2.32. The first-order valence-corrected chi connectivity index (χ1v) is 6.06. The highest BCUT2D eigenvalue weighted by Gasteiger charge is 2.31. The van der Waals surface area contributed by atoms with Crippen LogP contribution in [0.2, 0.25) is 0 Å². The number of rotatable bonds is 2. The molecule has 100 valence electrons. The molecule has 1 aliphatic carbocycles. The van der Waals surface area contributed by atoms with Gasteiger partial charge < -0.3 is 11.1 Å². The van der Waals surface area contributed by atoms with Gasteiger partial charge in [-0.1, -0.05) is 19.3 Å². The van der Waals surface area contributed by atoms with E-state index in [0.717, 1.165) is 37.8 Å². The summed E-state index contributed by atoms with van der Waals surface area (Å²) >= 11 is 0. The molecule has 1 saturated carbocycles. The standard InChI is InChI=1S/C12H16F3N3/c13-12(14,15)8-6-10(16)18-11(7-8)17-9-4-2-1-3-5-9/h6-7,9H,1-5H2,(H3,16,17,18). The summed E-state index contributed by atoms with van der Waals surface area (Å²) in [5.41, 5.74) is 4.65. The number of alkyl halides is 3. The van der Waals surface area contributed by atoms with Gasteiger partial charge in [0.15, 0.2) is 0 Å². The average molecular weight is 259 g/mol. The molecule has 6 heteroatoms. The molecule has 0 aromatic carbocycles. The number of pyridine rings is 1. The second kappa shape index (κ2) is 5.04. The molecule has 2 rings (SSSR count). The quantitative estimate of drug-likeness (QED) is 0.855. The SMILES string of the molecule is Nc1cc(C(F)(F)F)cc(NC2CCCCC2)n1. The molecule has 1 aromatic heterocycles. The van der Waals surface area contributed by atoms with Crippen LogP contribution in [-0.4, -0.2) is 11.0 Å². The molecule has 0 amide bonds. The minimum absolute atomic E-state index is 0.108. The van der Waals surface area contributed by atoms with Crippen molar-refractivity contribution in [1.29, 1.82) is 0 Å². The van der Waals surface area contributed by atoms with Crippen LogP contribution in [-0.2, 0) is 6.18 Å². The third-order valence-electron chi connectivity index (χ3n) is 3.13. The summed E-state index contributed by atoms with van der Waals surface area (Å²) in [7, 11) is 0. The maximum absolute atomic E-state index is 12.6. The van der Waals surface area contributed by atoms with E-state index in [1.165, 1.54) is 6.42 Å². The summed E-state index contributed by atoms with van der Waals surface area (Å²) in [6.45, 7) is 0. The Morgan fingerprint density at radius 3 is 2.44 bits per heavy atom. The molecule has 0 radical (unpaired) electrons. The van der Waals surface area contributed by atoms with Gasteiger partial charge in [-0.25, -0.2) is 4.98 Å². The van der Waals surface area contributed by atoms with Crippen molar-refractivity contribution in [2.75, 3.05) is 11.1 Å². The molecule has 0 bridgehead atoms. The van der Waals surface area contributed by atoms with Gasteiger partial charge in [-0.15, -0.1) is 0 Å². The smallest absolute Gasteiger partial charge is 0.384 e. The van der Waals surface area contributed by atoms with Crippen LogP contribution in [0.1, 0.15) is 37.7 Å². The lowest BCUT2D eigenvalue weighted by atomic mass is 9.95. The summed E-state index contributed by atoms with van der Waals surface area (Å²) in [4.78, 5) is 3.91. The van der Waals surface area contributed by atoms with Crippen LogP contribution in [0, 0.1) is 0 Å². The second-order valence-corrected chi connectivity index (χ2v) is 4.64. The normalized spacial score (nSPS) is 17.7. The Balaban J connectivity index is 2.14. The van der Waals surface area contributed by atoms with Gasteiger partial charge in [0.05, 0.1) is 5.56 Å². The molecule has 3 N–H and O–H groups in total. The lowest BCUT2D eigenvalue weighted by Crippen LogP contribution is -2.23. The van der Waals surface area contributed by atoms with E-state index in [9.17, 15) is 13.2 Å². The second-order valence-electron chi connectivity index (χ2n) is 4.64. The van der Waals surface area contributed by atoms with E-state index >= 15 is 0 Å². The first-order valence-electron chi connectivity index (χ1n) is 6.06. The zero-order valence-electron chi connectivity index (χ0n) is 9.93. The molecule has 0 aliphatic heterocycles. The van der Waals surface area contributed by atoms with Crippen molar-refractivity contribution < 1.29 is 13.2 Å². The largest absolute Gasteiger partial charge is 0.416 e. The Morgan fingerprint density at radius 2 is 1.83 bits per heavy atom. The number of nitrogens with zero attached hydrogens (tertiary/aromatic N) is 1. The van der Waals surface area contributed by atoms with Crippen LogP contribution >= 0.6 is 0 Å². The van der Waals surface area contributed by atoms with Gasteiger partial charge in [0.25, 0.3) is 0 Å². The number of nitrogen functional groups attached to an aromatic ring is 1. The maximum atomic E-state index is 12.6. The summed E-state index contributed by atoms with van der Waals surface area (Å²) in [5.74, 6) is 0.109. The predicted molar refractivity (Wildman–Crippen MR) is 64.1 cm³/mol. The molecule has 0 saturated heterocycles. The van der Waals surface area contributed by atoms with Gasteiger partial charge in [-0.2, -0.15) is 13.2 Å². The Labute approximate surface area is 104 Å². The predicted octanol–water partition coefficient (Wildman–Crippen LogP) is 3.43. The first kappa shape index (κ1) is 13.0. The summed E-state index contributed by atoms with van der Waals surface area (Å²) in [6, 6.07) is 2.07. The fourth-order valence-electron chi connectivity index (χ4n) is 2.25. The highest BCUT2D eigenvalue weighted by atomic mass is 19.4. The molecular weight excluding hydrogens is 243 g/mol. The topological polar surface area (TPSA) is 50.9 Å². The van der Waals surface area contributed by atoms with Gasteiger partial charge >= 0.3 is 6.18 Å². The van der Waals surface area contributed by atoms with Crippen molar-refractivity contribution in [1.82, 2.24) is 4.98 Å². The number of hydrogen-bond donors (Lipinski definition) is 2. The molecule has 18 heavy (non-hydrogen) atoms. The van der Waals surface area contributed by atoms with Crippen molar-refractivity contribution in [3.05, 3.63) is 17.7 Å². The number of nitrogens with two attached hydrogens (primary N) is 1. The summed E-state index contributed by atoms with van der Waals surface area (Å²) in [5, 5.41) is 3.04. The number of anilines is 2. The molecule has 1 aliphatic rings. The third-order valence-corrected chi connectivity index (χ3v) is 3.13. The third kappa shape index (κ3) is 3.27. The number of nitrogens with one attached hydrogen (secondary N) is 1. The fraction of sp³-hybridized carbons (Fsp3) is 0.583. The molecular formula is C12H16F3N3. The van der Waals surface area contributed by atoms with Crippen LogP contribution in [0.5, 0.6) is 0 Å². The van der Waals surface area contributed by atoms with Crippen LogP contribution in [0.4, 0.5) is 24.8 Å². The van der Waals surface area contributed by atoms with Gasteiger partial charge in [-0.05, 0) is 25.0 Å². The Bertz CT molecular complexity index is 412. The van der Waals surface area contributed by atoms with Crippen LogP contribution < -0.4 is 11.1 Å². The Hall–Kier alpha value is -1.46. The van der Waals surface area contributed by atoms with Crippen molar-refractivity contribution in [2.24, 2.45) is 0 Å². The zero-order chi connectivity index (χ0) is 13.2. The Morgan fingerprint density at radius 1 is 1.17 bits per heavy atom. The van der Waals surface area contributed by atoms with Gasteiger partial charge in [0, 0.05) is 6.04 Å². The van der Waals surface area contributed by atoms with Crippen LogP contribution in [0.25, 0.3) is 0 Å². The molecule has 0 atom stereocenters. The molecule has 0 spiro atoms. The monoisotopic (exact) mass is 259 g/mol. The van der Waals surface area contributed by atoms with E-state index in [0.29, 0.717) is 0 Å². The summed E-state index contributed by atoms with van der Waals surface area (Å²) in [6.07, 6.45) is 0.949. The Kier molecular flexibility index (Phi) is 3.63. The minimum Gasteiger partial charge on any atom is -0.384 e.